The van der Waals surface area contributed by atoms with Gasteiger partial charge in [-0.3, -0.25) is 14.9 Å². The van der Waals surface area contributed by atoms with Gasteiger partial charge in [-0.2, -0.15) is 5.10 Å². The first-order valence-electron chi connectivity index (χ1n) is 8.75. The Hall–Kier alpha value is -3.68. The zero-order valence-corrected chi connectivity index (χ0v) is 15.4. The molecule has 3 rings (SSSR count). The lowest BCUT2D eigenvalue weighted by Gasteiger charge is -2.14. The lowest BCUT2D eigenvalue weighted by molar-refractivity contribution is -0.384. The van der Waals surface area contributed by atoms with Crippen LogP contribution in [0.3, 0.4) is 0 Å². The molecule has 3 aromatic rings. The van der Waals surface area contributed by atoms with Gasteiger partial charge in [0.2, 0.25) is 0 Å². The Bertz CT molecular complexity index is 1040. The van der Waals surface area contributed by atoms with E-state index >= 15 is 0 Å². The van der Waals surface area contributed by atoms with Crippen molar-refractivity contribution in [2.75, 3.05) is 0 Å². The third-order valence-corrected chi connectivity index (χ3v) is 4.13. The van der Waals surface area contributed by atoms with E-state index in [0.29, 0.717) is 16.7 Å². The van der Waals surface area contributed by atoms with Gasteiger partial charge in [-0.25, -0.2) is 5.43 Å². The normalized spacial score (nSPS) is 12.2. The summed E-state index contributed by atoms with van der Waals surface area (Å²) in [4.78, 5) is 22.6. The maximum absolute atomic E-state index is 12.2. The van der Waals surface area contributed by atoms with Crippen LogP contribution in [0.2, 0.25) is 0 Å². The number of hydrogen-bond acceptors (Lipinski definition) is 6. The third-order valence-electron chi connectivity index (χ3n) is 4.13. The Morgan fingerprint density at radius 2 is 2.11 bits per heavy atom. The van der Waals surface area contributed by atoms with Gasteiger partial charge < -0.3 is 9.15 Å². The van der Waals surface area contributed by atoms with Crippen molar-refractivity contribution >= 4 is 28.8 Å². The lowest BCUT2D eigenvalue weighted by Crippen LogP contribution is -2.17. The molecule has 1 N–H and O–H groups in total. The van der Waals surface area contributed by atoms with Gasteiger partial charge in [-0.1, -0.05) is 19.1 Å². The van der Waals surface area contributed by atoms with Gasteiger partial charge in [0.15, 0.2) is 5.76 Å². The number of non-ortho nitro benzene ring substituents is 1. The summed E-state index contributed by atoms with van der Waals surface area (Å²) in [5.74, 6) is 0.123. The van der Waals surface area contributed by atoms with Crippen molar-refractivity contribution in [3.05, 3.63) is 70.0 Å². The van der Waals surface area contributed by atoms with E-state index in [2.05, 4.69) is 10.5 Å². The molecule has 28 heavy (non-hydrogen) atoms. The molecule has 0 saturated heterocycles. The van der Waals surface area contributed by atoms with Crippen molar-refractivity contribution in [2.24, 2.45) is 5.10 Å². The van der Waals surface area contributed by atoms with Crippen LogP contribution in [0, 0.1) is 10.1 Å². The average molecular weight is 381 g/mol. The Morgan fingerprint density at radius 1 is 1.32 bits per heavy atom. The number of benzene rings is 2. The van der Waals surface area contributed by atoms with Crippen molar-refractivity contribution in [2.45, 2.75) is 26.4 Å². The second-order valence-corrected chi connectivity index (χ2v) is 6.16. The van der Waals surface area contributed by atoms with Gasteiger partial charge in [0.25, 0.3) is 5.69 Å². The minimum absolute atomic E-state index is 0.0109. The fraction of sp³-hybridized carbons (Fsp3) is 0.200. The number of nitrogens with zero attached hydrogens (tertiary/aromatic N) is 2. The molecule has 2 aromatic carbocycles. The highest BCUT2D eigenvalue weighted by atomic mass is 16.6. The number of hydrogen-bond donors (Lipinski definition) is 1. The highest BCUT2D eigenvalue weighted by Crippen LogP contribution is 2.24. The summed E-state index contributed by atoms with van der Waals surface area (Å²) >= 11 is 0. The van der Waals surface area contributed by atoms with Crippen LogP contribution in [-0.4, -0.2) is 23.1 Å². The van der Waals surface area contributed by atoms with Crippen LogP contribution < -0.4 is 10.2 Å². The highest BCUT2D eigenvalue weighted by molar-refractivity contribution is 5.97. The number of nitrogens with one attached hydrogen (secondary N) is 1. The van der Waals surface area contributed by atoms with Crippen LogP contribution in [0.25, 0.3) is 11.0 Å². The van der Waals surface area contributed by atoms with Gasteiger partial charge in [0.05, 0.1) is 17.2 Å². The number of nitro groups is 1. The van der Waals surface area contributed by atoms with Crippen LogP contribution >= 0.6 is 0 Å². The first-order chi connectivity index (χ1) is 13.5. The molecule has 1 amide bonds. The second kappa shape index (κ2) is 8.34. The monoisotopic (exact) mass is 381 g/mol. The number of amides is 1. The van der Waals surface area contributed by atoms with Gasteiger partial charge >= 0.3 is 5.91 Å². The molecule has 0 spiro atoms. The summed E-state index contributed by atoms with van der Waals surface area (Å²) in [6.07, 6.45) is 2.42. The second-order valence-electron chi connectivity index (χ2n) is 6.16. The zero-order valence-electron chi connectivity index (χ0n) is 15.4. The molecule has 0 radical (unpaired) electrons. The Kier molecular flexibility index (Phi) is 5.69. The molecule has 1 heterocycles. The first-order valence-corrected chi connectivity index (χ1v) is 8.75. The summed E-state index contributed by atoms with van der Waals surface area (Å²) in [6.45, 7) is 4.01. The van der Waals surface area contributed by atoms with Crippen LogP contribution in [0.4, 0.5) is 5.69 Å². The van der Waals surface area contributed by atoms with Crippen molar-refractivity contribution in [3.63, 3.8) is 0 Å². The number of rotatable bonds is 7. The third kappa shape index (κ3) is 4.35. The van der Waals surface area contributed by atoms with E-state index in [4.69, 9.17) is 9.15 Å². The number of furan rings is 1. The predicted molar refractivity (Wildman–Crippen MR) is 105 cm³/mol. The van der Waals surface area contributed by atoms with E-state index in [1.807, 2.05) is 38.1 Å². The average Bonchev–Trinajstić information content (AvgIpc) is 3.12. The Labute approximate surface area is 160 Å². The molecule has 8 nitrogen and oxygen atoms in total. The van der Waals surface area contributed by atoms with E-state index in [-0.39, 0.29) is 17.6 Å². The van der Waals surface area contributed by atoms with Crippen molar-refractivity contribution in [1.82, 2.24) is 5.43 Å². The molecule has 0 saturated carbocycles. The molecule has 0 aliphatic heterocycles. The molecule has 1 aromatic heterocycles. The number of hydrazone groups is 1. The summed E-state index contributed by atoms with van der Waals surface area (Å²) in [6, 6.07) is 12.9. The fourth-order valence-electron chi connectivity index (χ4n) is 2.47. The van der Waals surface area contributed by atoms with Crippen LogP contribution in [0.5, 0.6) is 5.75 Å². The molecule has 0 aliphatic carbocycles. The largest absolute Gasteiger partial charge is 0.490 e. The van der Waals surface area contributed by atoms with Gasteiger partial charge in [-0.15, -0.1) is 0 Å². The van der Waals surface area contributed by atoms with Crippen molar-refractivity contribution < 1.29 is 18.9 Å². The van der Waals surface area contributed by atoms with Gasteiger partial charge in [-0.05, 0) is 37.6 Å². The number of para-hydroxylation sites is 1. The molecular weight excluding hydrogens is 362 g/mol. The molecular formula is C20H19N3O5. The van der Waals surface area contributed by atoms with Crippen LogP contribution in [0.15, 0.2) is 58.0 Å². The van der Waals surface area contributed by atoms with Crippen LogP contribution in [-0.2, 0) is 0 Å². The van der Waals surface area contributed by atoms with Gasteiger partial charge in [0, 0.05) is 23.1 Å². The minimum atomic E-state index is -0.560. The maximum atomic E-state index is 12.2. The molecule has 144 valence electrons. The van der Waals surface area contributed by atoms with E-state index in [0.717, 1.165) is 12.0 Å². The SMILES string of the molecule is CC[C@@H](C)Oc1ccccc1/C=N/NC(=O)c1cc2cc([N+](=O)[O-])ccc2o1. The minimum Gasteiger partial charge on any atom is -0.490 e. The van der Waals surface area contributed by atoms with E-state index in [1.165, 1.54) is 30.5 Å². The molecule has 0 bridgehead atoms. The van der Waals surface area contributed by atoms with E-state index < -0.39 is 10.8 Å². The predicted octanol–water partition coefficient (Wildman–Crippen LogP) is 4.28. The highest BCUT2D eigenvalue weighted by Gasteiger charge is 2.14. The number of nitro benzene ring substituents is 1. The zero-order chi connectivity index (χ0) is 20.1. The molecule has 1 atom stereocenters. The summed E-state index contributed by atoms with van der Waals surface area (Å²) in [5, 5.41) is 15.3. The summed E-state index contributed by atoms with van der Waals surface area (Å²) < 4.78 is 11.3. The maximum Gasteiger partial charge on any atom is 0.307 e. The molecule has 8 heteroatoms. The van der Waals surface area contributed by atoms with E-state index in [1.54, 1.807) is 0 Å². The molecule has 0 aliphatic rings. The van der Waals surface area contributed by atoms with Crippen molar-refractivity contribution in [3.8, 4) is 5.75 Å². The smallest absolute Gasteiger partial charge is 0.307 e. The fourth-order valence-corrected chi connectivity index (χ4v) is 2.47. The topological polar surface area (TPSA) is 107 Å². The number of ether oxygens (including phenoxy) is 1. The van der Waals surface area contributed by atoms with Gasteiger partial charge in [0.1, 0.15) is 11.3 Å². The quantitative estimate of drug-likeness (QED) is 0.373. The molecule has 0 unspecified atom stereocenters. The Balaban J connectivity index is 1.72. The van der Waals surface area contributed by atoms with Crippen LogP contribution in [0.1, 0.15) is 36.4 Å². The van der Waals surface area contributed by atoms with Crippen molar-refractivity contribution in [1.29, 1.82) is 0 Å². The standard InChI is InChI=1S/C20H19N3O5/c1-3-13(2)27-17-7-5-4-6-14(17)12-21-22-20(24)19-11-15-10-16(23(25)26)8-9-18(15)28-19/h4-13H,3H2,1-2H3,(H,22,24)/b21-12+/t13-/m1/s1. The number of fused-ring (bicyclic) bond motifs is 1. The molecule has 0 fully saturated rings. The first kappa shape index (κ1) is 19.1. The number of carbonyl (C=O) groups excluding carboxylic acids is 1. The Morgan fingerprint density at radius 3 is 2.86 bits per heavy atom. The lowest BCUT2D eigenvalue weighted by atomic mass is 10.2. The number of carbonyl (C=O) groups is 1. The van der Waals surface area contributed by atoms with E-state index in [9.17, 15) is 14.9 Å². The summed E-state index contributed by atoms with van der Waals surface area (Å²) in [5.41, 5.74) is 3.42. The summed E-state index contributed by atoms with van der Waals surface area (Å²) in [7, 11) is 0.